The Kier molecular flexibility index (Phi) is 5.70. The number of benzene rings is 1. The largest absolute Gasteiger partial charge is 0.477 e. The van der Waals surface area contributed by atoms with Gasteiger partial charge in [-0.05, 0) is 36.4 Å². The normalized spacial score (nSPS) is 14.9. The maximum atomic E-state index is 12.2. The highest BCUT2D eigenvalue weighted by Crippen LogP contribution is 2.15. The zero-order valence-corrected chi connectivity index (χ0v) is 14.8. The minimum Gasteiger partial charge on any atom is -0.477 e. The van der Waals surface area contributed by atoms with Crippen LogP contribution in [-0.2, 0) is 4.79 Å². The summed E-state index contributed by atoms with van der Waals surface area (Å²) in [7, 11) is 0. The summed E-state index contributed by atoms with van der Waals surface area (Å²) in [6.45, 7) is 3.08. The summed E-state index contributed by atoms with van der Waals surface area (Å²) in [5, 5.41) is 12.5. The molecule has 136 valence electrons. The Morgan fingerprint density at radius 2 is 1.77 bits per heavy atom. The first-order chi connectivity index (χ1) is 12.5. The van der Waals surface area contributed by atoms with Crippen molar-refractivity contribution in [3.63, 3.8) is 0 Å². The van der Waals surface area contributed by atoms with Gasteiger partial charge in [-0.3, -0.25) is 9.69 Å². The minimum absolute atomic E-state index is 0.0345. The Bertz CT molecular complexity index is 789. The van der Waals surface area contributed by atoms with Crippen LogP contribution >= 0.6 is 11.6 Å². The van der Waals surface area contributed by atoms with Crippen LogP contribution in [0.4, 0.5) is 11.5 Å². The third-order valence-electron chi connectivity index (χ3n) is 4.14. The number of pyridine rings is 1. The SMILES string of the molecule is O=C(CN1CCN(c2cccc(C(=O)O)n2)CC1)Nc1ccc(Cl)cc1. The van der Waals surface area contributed by atoms with Gasteiger partial charge in [-0.2, -0.15) is 0 Å². The molecule has 3 rings (SSSR count). The number of piperazine rings is 1. The van der Waals surface area contributed by atoms with E-state index < -0.39 is 5.97 Å². The van der Waals surface area contributed by atoms with E-state index in [2.05, 4.69) is 15.2 Å². The van der Waals surface area contributed by atoms with Crippen molar-refractivity contribution in [1.29, 1.82) is 0 Å². The van der Waals surface area contributed by atoms with Crippen LogP contribution in [0.25, 0.3) is 0 Å². The van der Waals surface area contributed by atoms with E-state index in [1.807, 2.05) is 4.90 Å². The predicted molar refractivity (Wildman–Crippen MR) is 99.9 cm³/mol. The number of amides is 1. The van der Waals surface area contributed by atoms with E-state index in [1.165, 1.54) is 6.07 Å². The number of hydrogen-bond donors (Lipinski definition) is 2. The quantitative estimate of drug-likeness (QED) is 0.834. The van der Waals surface area contributed by atoms with E-state index >= 15 is 0 Å². The Labute approximate surface area is 156 Å². The van der Waals surface area contributed by atoms with E-state index in [0.717, 1.165) is 0 Å². The maximum absolute atomic E-state index is 12.2. The molecule has 0 aliphatic carbocycles. The van der Waals surface area contributed by atoms with E-state index in [0.29, 0.717) is 49.3 Å². The summed E-state index contributed by atoms with van der Waals surface area (Å²) in [5.74, 6) is -0.466. The molecule has 1 saturated heterocycles. The zero-order chi connectivity index (χ0) is 18.5. The molecule has 0 atom stereocenters. The van der Waals surface area contributed by atoms with Gasteiger partial charge in [0, 0.05) is 36.9 Å². The third-order valence-corrected chi connectivity index (χ3v) is 4.40. The number of nitrogens with one attached hydrogen (secondary N) is 1. The van der Waals surface area contributed by atoms with Crippen LogP contribution in [0.5, 0.6) is 0 Å². The molecule has 7 nitrogen and oxygen atoms in total. The highest BCUT2D eigenvalue weighted by molar-refractivity contribution is 6.30. The van der Waals surface area contributed by atoms with Gasteiger partial charge in [0.25, 0.3) is 0 Å². The smallest absolute Gasteiger partial charge is 0.354 e. The number of anilines is 2. The third kappa shape index (κ3) is 4.71. The molecule has 0 unspecified atom stereocenters. The molecule has 2 heterocycles. The van der Waals surface area contributed by atoms with Crippen molar-refractivity contribution in [3.05, 3.63) is 53.2 Å². The number of aromatic nitrogens is 1. The first-order valence-corrected chi connectivity index (χ1v) is 8.62. The van der Waals surface area contributed by atoms with Gasteiger partial charge in [0.1, 0.15) is 5.82 Å². The standard InChI is InChI=1S/C18H19ClN4O3/c19-13-4-6-14(7-5-13)20-17(24)12-22-8-10-23(11-9-22)16-3-1-2-15(21-16)18(25)26/h1-7H,8-12H2,(H,20,24)(H,25,26). The van der Waals surface area contributed by atoms with Crippen LogP contribution < -0.4 is 10.2 Å². The summed E-state index contributed by atoms with van der Waals surface area (Å²) in [6.07, 6.45) is 0. The van der Waals surface area contributed by atoms with Gasteiger partial charge in [0.2, 0.25) is 5.91 Å². The Hall–Kier alpha value is -2.64. The fraction of sp³-hybridized carbons (Fsp3) is 0.278. The zero-order valence-electron chi connectivity index (χ0n) is 14.1. The van der Waals surface area contributed by atoms with Crippen LogP contribution in [0.15, 0.2) is 42.5 Å². The Balaban J connectivity index is 1.50. The summed E-state index contributed by atoms with van der Waals surface area (Å²) in [6, 6.07) is 12.0. The van der Waals surface area contributed by atoms with Gasteiger partial charge in [-0.15, -0.1) is 0 Å². The molecular formula is C18H19ClN4O3. The second-order valence-corrected chi connectivity index (χ2v) is 6.44. The van der Waals surface area contributed by atoms with E-state index in [1.54, 1.807) is 36.4 Å². The van der Waals surface area contributed by atoms with Crippen LogP contribution in [-0.4, -0.2) is 59.6 Å². The number of aromatic carboxylic acids is 1. The Morgan fingerprint density at radius 1 is 1.08 bits per heavy atom. The topological polar surface area (TPSA) is 85.8 Å². The number of carboxylic acid groups (broad SMARTS) is 1. The molecule has 26 heavy (non-hydrogen) atoms. The first kappa shape index (κ1) is 18.2. The molecule has 2 aromatic rings. The van der Waals surface area contributed by atoms with Gasteiger partial charge in [-0.1, -0.05) is 17.7 Å². The molecular weight excluding hydrogens is 356 g/mol. The summed E-state index contributed by atoms with van der Waals surface area (Å²) < 4.78 is 0. The molecule has 1 aliphatic rings. The van der Waals surface area contributed by atoms with Gasteiger partial charge in [0.05, 0.1) is 6.54 Å². The number of carbonyl (C=O) groups is 2. The second kappa shape index (κ2) is 8.16. The lowest BCUT2D eigenvalue weighted by molar-refractivity contribution is -0.117. The molecule has 2 N–H and O–H groups in total. The van der Waals surface area contributed by atoms with Gasteiger partial charge < -0.3 is 15.3 Å². The number of halogens is 1. The van der Waals surface area contributed by atoms with Crippen LogP contribution in [0, 0.1) is 0 Å². The molecule has 0 spiro atoms. The minimum atomic E-state index is -1.04. The summed E-state index contributed by atoms with van der Waals surface area (Å²) in [5.41, 5.74) is 0.750. The number of hydrogen-bond acceptors (Lipinski definition) is 5. The fourth-order valence-electron chi connectivity index (χ4n) is 2.79. The molecule has 1 fully saturated rings. The predicted octanol–water partition coefficient (Wildman–Crippen LogP) is 2.19. The Morgan fingerprint density at radius 3 is 2.42 bits per heavy atom. The molecule has 1 aliphatic heterocycles. The summed E-state index contributed by atoms with van der Waals surface area (Å²) >= 11 is 5.83. The monoisotopic (exact) mass is 374 g/mol. The number of rotatable bonds is 5. The molecule has 0 saturated carbocycles. The van der Waals surface area contributed by atoms with Crippen LogP contribution in [0.2, 0.25) is 5.02 Å². The second-order valence-electron chi connectivity index (χ2n) is 6.00. The molecule has 8 heteroatoms. The lowest BCUT2D eigenvalue weighted by atomic mass is 10.2. The molecule has 0 bridgehead atoms. The van der Waals surface area contributed by atoms with Crippen molar-refractivity contribution in [2.45, 2.75) is 0 Å². The molecule has 1 aromatic heterocycles. The van der Waals surface area contributed by atoms with Crippen molar-refractivity contribution < 1.29 is 14.7 Å². The van der Waals surface area contributed by atoms with E-state index in [4.69, 9.17) is 16.7 Å². The summed E-state index contributed by atoms with van der Waals surface area (Å²) in [4.78, 5) is 31.4. The van der Waals surface area contributed by atoms with Crippen LogP contribution in [0.3, 0.4) is 0 Å². The number of carbonyl (C=O) groups excluding carboxylic acids is 1. The lowest BCUT2D eigenvalue weighted by Crippen LogP contribution is -2.49. The average molecular weight is 375 g/mol. The molecule has 0 radical (unpaired) electrons. The van der Waals surface area contributed by atoms with Crippen molar-refractivity contribution in [3.8, 4) is 0 Å². The fourth-order valence-corrected chi connectivity index (χ4v) is 2.92. The first-order valence-electron chi connectivity index (χ1n) is 8.24. The van der Waals surface area contributed by atoms with Gasteiger partial charge in [0.15, 0.2) is 5.69 Å². The maximum Gasteiger partial charge on any atom is 0.354 e. The number of nitrogens with zero attached hydrogens (tertiary/aromatic N) is 3. The highest BCUT2D eigenvalue weighted by Gasteiger charge is 2.20. The van der Waals surface area contributed by atoms with Gasteiger partial charge in [-0.25, -0.2) is 9.78 Å². The van der Waals surface area contributed by atoms with Crippen molar-refractivity contribution in [1.82, 2.24) is 9.88 Å². The van der Waals surface area contributed by atoms with E-state index in [9.17, 15) is 9.59 Å². The van der Waals surface area contributed by atoms with Crippen molar-refractivity contribution in [2.75, 3.05) is 42.9 Å². The highest BCUT2D eigenvalue weighted by atomic mass is 35.5. The number of carboxylic acids is 1. The van der Waals surface area contributed by atoms with Crippen LogP contribution in [0.1, 0.15) is 10.5 Å². The molecule has 1 aromatic carbocycles. The van der Waals surface area contributed by atoms with E-state index in [-0.39, 0.29) is 11.6 Å². The van der Waals surface area contributed by atoms with Gasteiger partial charge >= 0.3 is 5.97 Å². The molecule has 1 amide bonds. The van der Waals surface area contributed by atoms with Crippen molar-refractivity contribution in [2.24, 2.45) is 0 Å². The lowest BCUT2D eigenvalue weighted by Gasteiger charge is -2.35. The average Bonchev–Trinajstić information content (AvgIpc) is 2.64. The van der Waals surface area contributed by atoms with Crippen molar-refractivity contribution >= 4 is 35.0 Å².